The molecule has 0 unspecified atom stereocenters. The zero-order valence-corrected chi connectivity index (χ0v) is 17.3. The van der Waals surface area contributed by atoms with E-state index in [1.54, 1.807) is 6.20 Å². The first-order valence-electron chi connectivity index (χ1n) is 9.43. The van der Waals surface area contributed by atoms with Gasteiger partial charge in [0.05, 0.1) is 4.90 Å². The average molecular weight is 421 g/mol. The molecule has 1 saturated heterocycles. The van der Waals surface area contributed by atoms with E-state index in [1.165, 1.54) is 16.4 Å². The number of nitrogens with one attached hydrogen (secondary N) is 1. The fourth-order valence-electron chi connectivity index (χ4n) is 3.23. The highest BCUT2D eigenvalue weighted by Crippen LogP contribution is 2.24. The summed E-state index contributed by atoms with van der Waals surface area (Å²) in [5.41, 5.74) is 0.903. The van der Waals surface area contributed by atoms with E-state index in [0.717, 1.165) is 23.5 Å². The predicted molar refractivity (Wildman–Crippen MR) is 108 cm³/mol. The van der Waals surface area contributed by atoms with Gasteiger partial charge in [-0.1, -0.05) is 6.07 Å². The van der Waals surface area contributed by atoms with E-state index in [-0.39, 0.29) is 29.8 Å². The van der Waals surface area contributed by atoms with E-state index in [0.29, 0.717) is 19.4 Å². The number of pyridine rings is 1. The zero-order chi connectivity index (χ0) is 21.0. The molecule has 0 radical (unpaired) electrons. The Kier molecular flexibility index (Phi) is 6.49. The summed E-state index contributed by atoms with van der Waals surface area (Å²) in [6.07, 6.45) is 2.63. The summed E-state index contributed by atoms with van der Waals surface area (Å²) in [5, 5.41) is 2.91. The van der Waals surface area contributed by atoms with Gasteiger partial charge in [-0.3, -0.25) is 4.79 Å². The molecule has 0 bridgehead atoms. The highest BCUT2D eigenvalue weighted by atomic mass is 32.2. The Labute approximate surface area is 170 Å². The quantitative estimate of drug-likeness (QED) is 0.773. The summed E-state index contributed by atoms with van der Waals surface area (Å²) in [6.45, 7) is 0.904. The van der Waals surface area contributed by atoms with Crippen molar-refractivity contribution in [2.24, 2.45) is 5.92 Å². The number of nitrogens with zero attached hydrogens (tertiary/aromatic N) is 3. The summed E-state index contributed by atoms with van der Waals surface area (Å²) in [4.78, 5) is 18.7. The van der Waals surface area contributed by atoms with Crippen LogP contribution in [-0.4, -0.2) is 50.8 Å². The van der Waals surface area contributed by atoms with Crippen LogP contribution in [0.3, 0.4) is 0 Å². The topological polar surface area (TPSA) is 82.6 Å². The molecule has 0 spiro atoms. The molecular weight excluding hydrogens is 395 g/mol. The molecule has 156 valence electrons. The first-order valence-corrected chi connectivity index (χ1v) is 10.9. The van der Waals surface area contributed by atoms with E-state index >= 15 is 0 Å². The first-order chi connectivity index (χ1) is 13.8. The van der Waals surface area contributed by atoms with Gasteiger partial charge < -0.3 is 10.2 Å². The molecule has 7 nitrogen and oxygen atoms in total. The number of piperidine rings is 1. The SMILES string of the molecule is CN(C)c1ccc(CNC(=O)C2CCN(S(=O)(=O)c3ccc(F)cc3)CC2)cn1. The standard InChI is InChI=1S/C20H25FN4O3S/c1-24(2)19-8-3-15(13-22-19)14-23-20(26)16-9-11-25(12-10-16)29(27,28)18-6-4-17(21)5-7-18/h3-8,13,16H,9-12,14H2,1-2H3,(H,23,26). The number of halogens is 1. The van der Waals surface area contributed by atoms with E-state index < -0.39 is 15.8 Å². The van der Waals surface area contributed by atoms with E-state index in [4.69, 9.17) is 0 Å². The van der Waals surface area contributed by atoms with Gasteiger partial charge in [-0.15, -0.1) is 0 Å². The normalized spacial score (nSPS) is 15.8. The Morgan fingerprint density at radius 2 is 1.83 bits per heavy atom. The second-order valence-electron chi connectivity index (χ2n) is 7.27. The van der Waals surface area contributed by atoms with Crippen molar-refractivity contribution < 1.29 is 17.6 Å². The number of anilines is 1. The monoisotopic (exact) mass is 420 g/mol. The van der Waals surface area contributed by atoms with Crippen molar-refractivity contribution in [3.8, 4) is 0 Å². The molecule has 1 fully saturated rings. The molecule has 2 heterocycles. The van der Waals surface area contributed by atoms with E-state index in [9.17, 15) is 17.6 Å². The second kappa shape index (κ2) is 8.87. The van der Waals surface area contributed by atoms with Crippen LogP contribution >= 0.6 is 0 Å². The van der Waals surface area contributed by atoms with Crippen LogP contribution in [0.5, 0.6) is 0 Å². The molecule has 9 heteroatoms. The van der Waals surface area contributed by atoms with Crippen LogP contribution < -0.4 is 10.2 Å². The summed E-state index contributed by atoms with van der Waals surface area (Å²) >= 11 is 0. The number of aromatic nitrogens is 1. The Bertz CT molecular complexity index is 939. The number of hydrogen-bond acceptors (Lipinski definition) is 5. The van der Waals surface area contributed by atoms with Gasteiger partial charge in [0, 0.05) is 45.8 Å². The van der Waals surface area contributed by atoms with Crippen molar-refractivity contribution in [1.82, 2.24) is 14.6 Å². The Hall–Kier alpha value is -2.52. The van der Waals surface area contributed by atoms with E-state index in [1.807, 2.05) is 31.1 Å². The maximum absolute atomic E-state index is 13.0. The van der Waals surface area contributed by atoms with Crippen molar-refractivity contribution in [2.75, 3.05) is 32.1 Å². The molecule has 0 saturated carbocycles. The van der Waals surface area contributed by atoms with Gasteiger partial charge in [0.25, 0.3) is 0 Å². The fraction of sp³-hybridized carbons (Fsp3) is 0.400. The summed E-state index contributed by atoms with van der Waals surface area (Å²) < 4.78 is 39.7. The number of sulfonamides is 1. The van der Waals surface area contributed by atoms with Crippen molar-refractivity contribution >= 4 is 21.7 Å². The zero-order valence-electron chi connectivity index (χ0n) is 16.5. The van der Waals surface area contributed by atoms with Crippen LogP contribution in [-0.2, 0) is 21.4 Å². The fourth-order valence-corrected chi connectivity index (χ4v) is 4.70. The van der Waals surface area contributed by atoms with Crippen molar-refractivity contribution in [1.29, 1.82) is 0 Å². The highest BCUT2D eigenvalue weighted by Gasteiger charge is 2.32. The molecule has 1 aliphatic heterocycles. The van der Waals surface area contributed by atoms with Gasteiger partial charge in [0.1, 0.15) is 11.6 Å². The van der Waals surface area contributed by atoms with Gasteiger partial charge in [-0.25, -0.2) is 17.8 Å². The smallest absolute Gasteiger partial charge is 0.243 e. The number of benzene rings is 1. The third kappa shape index (κ3) is 5.10. The minimum absolute atomic E-state index is 0.0653. The molecule has 3 rings (SSSR count). The maximum atomic E-state index is 13.0. The Morgan fingerprint density at radius 3 is 2.38 bits per heavy atom. The average Bonchev–Trinajstić information content (AvgIpc) is 2.72. The van der Waals surface area contributed by atoms with Crippen LogP contribution in [0, 0.1) is 11.7 Å². The van der Waals surface area contributed by atoms with Gasteiger partial charge in [-0.05, 0) is 48.7 Å². The molecule has 1 amide bonds. The maximum Gasteiger partial charge on any atom is 0.243 e. The first kappa shape index (κ1) is 21.2. The summed E-state index contributed by atoms with van der Waals surface area (Å²) in [6, 6.07) is 8.60. The molecule has 0 aliphatic carbocycles. The van der Waals surface area contributed by atoms with Gasteiger partial charge in [0.15, 0.2) is 0 Å². The van der Waals surface area contributed by atoms with Crippen molar-refractivity contribution in [3.05, 3.63) is 54.0 Å². The number of hydrogen-bond donors (Lipinski definition) is 1. The number of carbonyl (C=O) groups excluding carboxylic acids is 1. The van der Waals surface area contributed by atoms with Gasteiger partial charge >= 0.3 is 0 Å². The lowest BCUT2D eigenvalue weighted by Crippen LogP contribution is -2.42. The van der Waals surface area contributed by atoms with Crippen LogP contribution in [0.25, 0.3) is 0 Å². The molecular formula is C20H25FN4O3S. The highest BCUT2D eigenvalue weighted by molar-refractivity contribution is 7.89. The number of rotatable bonds is 6. The number of carbonyl (C=O) groups is 1. The van der Waals surface area contributed by atoms with Crippen LogP contribution in [0.2, 0.25) is 0 Å². The second-order valence-corrected chi connectivity index (χ2v) is 9.21. The third-order valence-corrected chi connectivity index (χ3v) is 6.92. The van der Waals surface area contributed by atoms with Crippen LogP contribution in [0.4, 0.5) is 10.2 Å². The summed E-state index contributed by atoms with van der Waals surface area (Å²) in [5.74, 6) is 0.0462. The summed E-state index contributed by atoms with van der Waals surface area (Å²) in [7, 11) is 0.147. The minimum atomic E-state index is -3.67. The van der Waals surface area contributed by atoms with E-state index in [2.05, 4.69) is 10.3 Å². The van der Waals surface area contributed by atoms with Gasteiger partial charge in [0.2, 0.25) is 15.9 Å². The molecule has 29 heavy (non-hydrogen) atoms. The Balaban J connectivity index is 1.52. The molecule has 0 atom stereocenters. The minimum Gasteiger partial charge on any atom is -0.363 e. The lowest BCUT2D eigenvalue weighted by Gasteiger charge is -2.30. The molecule has 1 N–H and O–H groups in total. The Morgan fingerprint density at radius 1 is 1.17 bits per heavy atom. The van der Waals surface area contributed by atoms with Crippen molar-refractivity contribution in [3.63, 3.8) is 0 Å². The van der Waals surface area contributed by atoms with Crippen LogP contribution in [0.1, 0.15) is 18.4 Å². The molecule has 1 aromatic carbocycles. The molecule has 1 aliphatic rings. The predicted octanol–water partition coefficient (Wildman–Crippen LogP) is 2.00. The lowest BCUT2D eigenvalue weighted by molar-refractivity contribution is -0.126. The third-order valence-electron chi connectivity index (χ3n) is 5.01. The van der Waals surface area contributed by atoms with Crippen LogP contribution in [0.15, 0.2) is 47.5 Å². The lowest BCUT2D eigenvalue weighted by atomic mass is 9.97. The molecule has 1 aromatic heterocycles. The molecule has 2 aromatic rings. The largest absolute Gasteiger partial charge is 0.363 e. The number of amides is 1. The van der Waals surface area contributed by atoms with Crippen molar-refractivity contribution in [2.45, 2.75) is 24.3 Å². The van der Waals surface area contributed by atoms with Gasteiger partial charge in [-0.2, -0.15) is 4.31 Å².